The van der Waals surface area contributed by atoms with Crippen LogP contribution in [0.1, 0.15) is 38.1 Å². The van der Waals surface area contributed by atoms with Crippen LogP contribution >= 0.6 is 0 Å². The second kappa shape index (κ2) is 9.60. The molecule has 0 spiro atoms. The number of H-pyrrole nitrogens is 1. The Kier molecular flexibility index (Phi) is 6.44. The molecule has 0 aliphatic carbocycles. The maximum absolute atomic E-state index is 12.1. The van der Waals surface area contributed by atoms with E-state index in [1.54, 1.807) is 16.7 Å². The number of benzene rings is 2. The molecule has 0 unspecified atom stereocenters. The molecular formula is C28H29N2O8+. The first-order valence-electron chi connectivity index (χ1n) is 12.3. The minimum Gasteiger partial charge on any atom is -0.508 e. The van der Waals surface area contributed by atoms with Crippen LogP contribution in [0.25, 0.3) is 32.6 Å². The zero-order valence-corrected chi connectivity index (χ0v) is 21.7. The number of aromatic amines is 1. The van der Waals surface area contributed by atoms with Crippen molar-refractivity contribution in [3.8, 4) is 5.75 Å². The normalized spacial score (nSPS) is 21.5. The summed E-state index contributed by atoms with van der Waals surface area (Å²) in [4.78, 5) is 39.2. The van der Waals surface area contributed by atoms with Crippen LogP contribution in [0.4, 0.5) is 0 Å². The molecular weight excluding hydrogens is 492 g/mol. The molecule has 0 saturated carbocycles. The third kappa shape index (κ3) is 4.41. The van der Waals surface area contributed by atoms with Crippen LogP contribution in [0.3, 0.4) is 0 Å². The summed E-state index contributed by atoms with van der Waals surface area (Å²) < 4.78 is 24.2. The molecule has 1 saturated heterocycles. The predicted octanol–water partition coefficient (Wildman–Crippen LogP) is 3.41. The first kappa shape index (κ1) is 25.5. The van der Waals surface area contributed by atoms with Gasteiger partial charge in [-0.15, -0.1) is 0 Å². The van der Waals surface area contributed by atoms with Crippen LogP contribution in [0, 0.1) is 13.8 Å². The lowest BCUT2D eigenvalue weighted by atomic mass is 9.96. The van der Waals surface area contributed by atoms with Crippen molar-refractivity contribution in [3.05, 3.63) is 47.8 Å². The molecule has 2 N–H and O–H groups in total. The average Bonchev–Trinajstić information content (AvgIpc) is 3.22. The topological polar surface area (TPSA) is 128 Å². The van der Waals surface area contributed by atoms with E-state index in [1.807, 2.05) is 38.4 Å². The number of fused-ring (bicyclic) bond motifs is 4. The quantitative estimate of drug-likeness (QED) is 0.238. The molecule has 1 fully saturated rings. The number of hydrogen-bond donors (Lipinski definition) is 2. The zero-order valence-electron chi connectivity index (χ0n) is 21.7. The number of phenols is 1. The Morgan fingerprint density at radius 2 is 1.61 bits per heavy atom. The molecule has 2 aromatic carbocycles. The monoisotopic (exact) mass is 521 g/mol. The Hall–Kier alpha value is -4.18. The molecule has 5 rings (SSSR count). The van der Waals surface area contributed by atoms with Gasteiger partial charge in [-0.05, 0) is 48.6 Å². The van der Waals surface area contributed by atoms with Gasteiger partial charge in [0.1, 0.15) is 5.75 Å². The molecule has 2 aromatic heterocycles. The fourth-order valence-electron chi connectivity index (χ4n) is 5.39. The lowest BCUT2D eigenvalue weighted by molar-refractivity contribution is -0.773. The number of nitrogens with one attached hydrogen (secondary N) is 1. The number of carbonyl (C=O) groups excluding carboxylic acids is 3. The number of carbonyl (C=O) groups is 3. The van der Waals surface area contributed by atoms with Crippen LogP contribution in [0.2, 0.25) is 0 Å². The van der Waals surface area contributed by atoms with Crippen LogP contribution < -0.4 is 4.57 Å². The van der Waals surface area contributed by atoms with Crippen molar-refractivity contribution in [2.45, 2.75) is 59.2 Å². The van der Waals surface area contributed by atoms with Crippen molar-refractivity contribution in [1.82, 2.24) is 4.98 Å². The number of ether oxygens (including phenoxy) is 4. The predicted molar refractivity (Wildman–Crippen MR) is 136 cm³/mol. The van der Waals surface area contributed by atoms with E-state index in [-0.39, 0.29) is 12.4 Å². The van der Waals surface area contributed by atoms with Gasteiger partial charge in [0.25, 0.3) is 0 Å². The first-order valence-corrected chi connectivity index (χ1v) is 12.3. The Labute approximate surface area is 218 Å². The van der Waals surface area contributed by atoms with Crippen LogP contribution in [0.15, 0.2) is 36.7 Å². The van der Waals surface area contributed by atoms with Crippen molar-refractivity contribution in [2.24, 2.45) is 0 Å². The van der Waals surface area contributed by atoms with Crippen molar-refractivity contribution in [1.29, 1.82) is 0 Å². The molecule has 198 valence electrons. The number of phenolic OH excluding ortho intramolecular Hbond substituents is 1. The van der Waals surface area contributed by atoms with E-state index in [0.717, 1.165) is 43.7 Å². The molecule has 4 atom stereocenters. The Balaban J connectivity index is 1.66. The summed E-state index contributed by atoms with van der Waals surface area (Å²) in [5.74, 6) is -1.60. The molecule has 0 amide bonds. The van der Waals surface area contributed by atoms with Crippen molar-refractivity contribution >= 4 is 50.5 Å². The summed E-state index contributed by atoms with van der Waals surface area (Å²) in [7, 11) is 0. The Morgan fingerprint density at radius 3 is 2.29 bits per heavy atom. The average molecular weight is 522 g/mol. The number of rotatable bonds is 4. The Morgan fingerprint density at radius 1 is 0.921 bits per heavy atom. The first-order chi connectivity index (χ1) is 18.0. The SMILES string of the molecule is CC(=O)O[C@@H]1[C@@H](OC(C)=O)[C@H]([n+]2ccc3c(C)c4[nH]c5ccc(O)cc5c4c(C)c3c2)OC[C@@H]1OC(C)=O. The second-order valence-corrected chi connectivity index (χ2v) is 9.59. The summed E-state index contributed by atoms with van der Waals surface area (Å²) in [5, 5.41) is 14.0. The van der Waals surface area contributed by atoms with Gasteiger partial charge in [-0.25, -0.2) is 0 Å². The fourth-order valence-corrected chi connectivity index (χ4v) is 5.39. The maximum Gasteiger partial charge on any atom is 0.304 e. The van der Waals surface area contributed by atoms with Gasteiger partial charge in [0, 0.05) is 48.5 Å². The van der Waals surface area contributed by atoms with Crippen molar-refractivity contribution < 1.29 is 43.0 Å². The van der Waals surface area contributed by atoms with E-state index in [2.05, 4.69) is 4.98 Å². The number of esters is 3. The Bertz CT molecular complexity index is 1610. The number of nitrogens with zero attached hydrogens (tertiary/aromatic N) is 1. The molecule has 0 radical (unpaired) electrons. The van der Waals surface area contributed by atoms with Gasteiger partial charge >= 0.3 is 24.1 Å². The van der Waals surface area contributed by atoms with E-state index in [0.29, 0.717) is 0 Å². The fraction of sp³-hybridized carbons (Fsp3) is 0.357. The molecule has 38 heavy (non-hydrogen) atoms. The highest BCUT2D eigenvalue weighted by atomic mass is 16.6. The van der Waals surface area contributed by atoms with Gasteiger partial charge in [-0.3, -0.25) is 14.4 Å². The number of hydrogen-bond acceptors (Lipinski definition) is 8. The van der Waals surface area contributed by atoms with Gasteiger partial charge in [0.15, 0.2) is 24.6 Å². The van der Waals surface area contributed by atoms with Gasteiger partial charge in [0.05, 0.1) is 12.1 Å². The highest BCUT2D eigenvalue weighted by Crippen LogP contribution is 2.37. The minimum absolute atomic E-state index is 0.0657. The van der Waals surface area contributed by atoms with E-state index >= 15 is 0 Å². The molecule has 1 aliphatic heterocycles. The molecule has 0 bridgehead atoms. The summed E-state index contributed by atoms with van der Waals surface area (Å²) in [5.41, 5.74) is 3.93. The molecule has 10 nitrogen and oxygen atoms in total. The largest absolute Gasteiger partial charge is 0.508 e. The van der Waals surface area contributed by atoms with Crippen LogP contribution in [-0.2, 0) is 33.3 Å². The van der Waals surface area contributed by atoms with E-state index in [9.17, 15) is 19.5 Å². The van der Waals surface area contributed by atoms with Crippen molar-refractivity contribution in [2.75, 3.05) is 6.61 Å². The number of aromatic nitrogens is 2. The highest BCUT2D eigenvalue weighted by molar-refractivity contribution is 6.16. The van der Waals surface area contributed by atoms with Gasteiger partial charge in [-0.2, -0.15) is 4.57 Å². The van der Waals surface area contributed by atoms with Gasteiger partial charge in [0.2, 0.25) is 6.10 Å². The maximum atomic E-state index is 12.1. The highest BCUT2D eigenvalue weighted by Gasteiger charge is 2.51. The molecule has 4 aromatic rings. The minimum atomic E-state index is -1.08. The zero-order chi connectivity index (χ0) is 27.3. The van der Waals surface area contributed by atoms with E-state index in [4.69, 9.17) is 18.9 Å². The van der Waals surface area contributed by atoms with Crippen LogP contribution in [0.5, 0.6) is 5.75 Å². The van der Waals surface area contributed by atoms with E-state index in [1.165, 1.54) is 20.8 Å². The number of aryl methyl sites for hydroxylation is 2. The number of aromatic hydroxyl groups is 1. The third-order valence-electron chi connectivity index (χ3n) is 6.94. The summed E-state index contributed by atoms with van der Waals surface area (Å²) in [6.07, 6.45) is -0.233. The molecule has 3 heterocycles. The van der Waals surface area contributed by atoms with E-state index < -0.39 is 42.4 Å². The summed E-state index contributed by atoms with van der Waals surface area (Å²) in [6, 6.07) is 7.19. The smallest absolute Gasteiger partial charge is 0.304 e. The molecule has 10 heteroatoms. The lowest BCUT2D eigenvalue weighted by Crippen LogP contribution is -2.61. The second-order valence-electron chi connectivity index (χ2n) is 9.59. The van der Waals surface area contributed by atoms with Gasteiger partial charge in [-0.1, -0.05) is 0 Å². The lowest BCUT2D eigenvalue weighted by Gasteiger charge is -2.37. The third-order valence-corrected chi connectivity index (χ3v) is 6.94. The van der Waals surface area contributed by atoms with Gasteiger partial charge < -0.3 is 29.0 Å². The van der Waals surface area contributed by atoms with Crippen LogP contribution in [-0.4, -0.2) is 52.9 Å². The van der Waals surface area contributed by atoms with Crippen molar-refractivity contribution in [3.63, 3.8) is 0 Å². The number of pyridine rings is 1. The summed E-state index contributed by atoms with van der Waals surface area (Å²) >= 11 is 0. The molecule has 1 aliphatic rings. The summed E-state index contributed by atoms with van der Waals surface area (Å²) in [6.45, 7) is 7.70. The standard InChI is InChI=1S/C28H28N2O8/c1-13-21-11-30(9-8-19(21)14(2)25-24(13)20-10-18(34)6-7-22(20)29-25)28-27(38-17(5)33)26(37-16(4)32)23(12-35-28)36-15(3)31/h6-11,23,26-28,34H,12H2,1-5H3/p+1/t23-,26-,27+,28+/m0/s1.